The lowest BCUT2D eigenvalue weighted by Crippen LogP contribution is -1.98. The van der Waals surface area contributed by atoms with Gasteiger partial charge in [-0.05, 0) is 149 Å². The summed E-state index contributed by atoms with van der Waals surface area (Å²) in [4.78, 5) is 4.92. The molecule has 0 fully saturated rings. The van der Waals surface area contributed by atoms with E-state index in [4.69, 9.17) is 4.98 Å². The van der Waals surface area contributed by atoms with Crippen LogP contribution in [0.25, 0.3) is 166 Å². The molecule has 0 radical (unpaired) electrons. The van der Waals surface area contributed by atoms with E-state index >= 15 is 0 Å². The maximum atomic E-state index is 10.8. The highest BCUT2D eigenvalue weighted by Gasteiger charge is 2.23. The Balaban J connectivity index is 0.689. The molecule has 0 unspecified atom stereocenters. The van der Waals surface area contributed by atoms with Gasteiger partial charge in [0.05, 0.1) is 55.3 Å². The second-order valence-electron chi connectivity index (χ2n) is 23.7. The van der Waals surface area contributed by atoms with Crippen LogP contribution in [0, 0.1) is 22.7 Å². The average Bonchev–Trinajstić information content (AvgIpc) is 1.47. The number of nitrogens with zero attached hydrogens (tertiary/aromatic N) is 7. The highest BCUT2D eigenvalue weighted by atomic mass is 15.0. The van der Waals surface area contributed by atoms with Gasteiger partial charge in [-0.2, -0.15) is 10.5 Å². The first-order valence-electron chi connectivity index (χ1n) is 30.9. The number of benzene rings is 13. The smallest absolute Gasteiger partial charge is 0.101 e. The number of nitriles is 2. The fourth-order valence-electron chi connectivity index (χ4n) is 14.6. The summed E-state index contributed by atoms with van der Waals surface area (Å²) >= 11 is 0. The molecule has 0 spiro atoms. The molecule has 13 aromatic carbocycles. The summed E-state index contributed by atoms with van der Waals surface area (Å²) in [6, 6.07) is 111. The van der Waals surface area contributed by atoms with E-state index < -0.39 is 0 Å². The van der Waals surface area contributed by atoms with Crippen molar-refractivity contribution in [2.24, 2.45) is 0 Å². The Morgan fingerprint density at radius 3 is 0.859 bits per heavy atom. The van der Waals surface area contributed by atoms with E-state index in [1.807, 2.05) is 24.5 Å². The second-order valence-corrected chi connectivity index (χ2v) is 23.7. The van der Waals surface area contributed by atoms with E-state index in [0.29, 0.717) is 16.7 Å². The molecule has 18 aromatic rings. The molecule has 0 bridgehead atoms. The monoisotopic (exact) mass is 1170 g/mol. The Labute approximate surface area is 529 Å². The van der Waals surface area contributed by atoms with Crippen LogP contribution < -0.4 is 0 Å². The lowest BCUT2D eigenvalue weighted by molar-refractivity contribution is 1.18. The molecule has 0 saturated carbocycles. The van der Waals surface area contributed by atoms with Gasteiger partial charge in [-0.3, -0.25) is 4.98 Å². The van der Waals surface area contributed by atoms with Crippen molar-refractivity contribution >= 4 is 87.2 Å². The van der Waals surface area contributed by atoms with Crippen molar-refractivity contribution in [3.63, 3.8) is 0 Å². The molecule has 0 aliphatic heterocycles. The zero-order valence-electron chi connectivity index (χ0n) is 49.6. The van der Waals surface area contributed by atoms with Crippen LogP contribution in [0.15, 0.2) is 310 Å². The van der Waals surface area contributed by atoms with Crippen LogP contribution in [0.4, 0.5) is 0 Å². The van der Waals surface area contributed by atoms with Crippen molar-refractivity contribution in [3.8, 4) is 90.5 Å². The summed E-state index contributed by atoms with van der Waals surface area (Å²) in [6.45, 7) is 0. The summed E-state index contributed by atoms with van der Waals surface area (Å²) < 4.78 is 9.39. The minimum Gasteiger partial charge on any atom is -0.309 e. The highest BCUT2D eigenvalue weighted by Crippen LogP contribution is 2.44. The summed E-state index contributed by atoms with van der Waals surface area (Å²) in [5.74, 6) is 0. The van der Waals surface area contributed by atoms with Crippen LogP contribution in [0.1, 0.15) is 11.1 Å². The molecule has 0 saturated heterocycles. The van der Waals surface area contributed by atoms with Crippen molar-refractivity contribution in [1.82, 2.24) is 23.3 Å². The number of aromatic nitrogens is 5. The van der Waals surface area contributed by atoms with Gasteiger partial charge in [-0.1, -0.05) is 182 Å². The van der Waals surface area contributed by atoms with E-state index in [-0.39, 0.29) is 0 Å². The number of hydrogen-bond acceptors (Lipinski definition) is 3. The Kier molecular flexibility index (Phi) is 11.9. The second kappa shape index (κ2) is 20.9. The van der Waals surface area contributed by atoms with Crippen molar-refractivity contribution in [3.05, 3.63) is 321 Å². The summed E-state index contributed by atoms with van der Waals surface area (Å²) in [5.41, 5.74) is 23.7. The molecule has 7 heteroatoms. The number of rotatable bonds is 9. The Hall–Kier alpha value is -12.8. The molecule has 92 heavy (non-hydrogen) atoms. The first kappa shape index (κ1) is 52.3. The Morgan fingerprint density at radius 2 is 0.533 bits per heavy atom. The molecule has 5 heterocycles. The van der Waals surface area contributed by atoms with E-state index in [2.05, 4.69) is 309 Å². The van der Waals surface area contributed by atoms with Crippen molar-refractivity contribution in [2.45, 2.75) is 0 Å². The van der Waals surface area contributed by atoms with Gasteiger partial charge >= 0.3 is 0 Å². The van der Waals surface area contributed by atoms with Crippen LogP contribution in [0.3, 0.4) is 0 Å². The van der Waals surface area contributed by atoms with Gasteiger partial charge in [-0.15, -0.1) is 0 Å². The summed E-state index contributed by atoms with van der Waals surface area (Å²) in [7, 11) is 0. The maximum absolute atomic E-state index is 10.8. The lowest BCUT2D eigenvalue weighted by Gasteiger charge is -2.18. The molecule has 426 valence electrons. The molecule has 18 rings (SSSR count). The van der Waals surface area contributed by atoms with Crippen LogP contribution in [0.2, 0.25) is 0 Å². The molecular formula is C85H51N7. The zero-order chi connectivity index (χ0) is 61.0. The van der Waals surface area contributed by atoms with Crippen LogP contribution >= 0.6 is 0 Å². The number of pyridine rings is 1. The highest BCUT2D eigenvalue weighted by molar-refractivity contribution is 6.13. The fraction of sp³-hybridized carbons (Fsp3) is 0. The minimum atomic E-state index is 0.321. The Bertz CT molecular complexity index is 5680. The summed E-state index contributed by atoms with van der Waals surface area (Å²) in [5, 5.41) is 30.8. The quantitative estimate of drug-likeness (QED) is 0.144. The third kappa shape index (κ3) is 8.10. The van der Waals surface area contributed by atoms with Gasteiger partial charge in [-0.25, -0.2) is 0 Å². The third-order valence-electron chi connectivity index (χ3n) is 18.8. The van der Waals surface area contributed by atoms with E-state index in [1.54, 1.807) is 6.07 Å². The fourth-order valence-corrected chi connectivity index (χ4v) is 14.6. The van der Waals surface area contributed by atoms with Gasteiger partial charge in [0.1, 0.15) is 12.1 Å². The molecule has 0 amide bonds. The maximum Gasteiger partial charge on any atom is 0.101 e. The van der Waals surface area contributed by atoms with Crippen molar-refractivity contribution in [2.75, 3.05) is 0 Å². The predicted octanol–water partition coefficient (Wildman–Crippen LogP) is 21.5. The Morgan fingerprint density at radius 1 is 0.239 bits per heavy atom. The molecule has 7 nitrogen and oxygen atoms in total. The van der Waals surface area contributed by atoms with Gasteiger partial charge in [0.25, 0.3) is 0 Å². The van der Waals surface area contributed by atoms with Crippen LogP contribution in [-0.4, -0.2) is 23.3 Å². The number of hydrogen-bond donors (Lipinski definition) is 0. The number of fused-ring (bicyclic) bond motifs is 12. The largest absolute Gasteiger partial charge is 0.309 e. The topological polar surface area (TPSA) is 80.2 Å². The normalized spacial score (nSPS) is 11.7. The molecular weight excluding hydrogens is 1120 g/mol. The van der Waals surface area contributed by atoms with E-state index in [0.717, 1.165) is 94.9 Å². The third-order valence-corrected chi connectivity index (χ3v) is 18.8. The predicted molar refractivity (Wildman–Crippen MR) is 378 cm³/mol. The minimum absolute atomic E-state index is 0.321. The standard InChI is InChI=1S/C85H51N7/c86-50-60-14-13-21-71(74(60)51-87)85-75(56-32-42-63(43-33-56)91-81-26-11-5-19-69(81)72-48-58(36-46-83(72)91)54-28-38-61(39-29-54)89-77-22-7-1-15-65(77)66-16-2-8-23-78(66)89)52-88-53-76(85)57-34-44-64(45-35-57)92-82-27-12-6-20-70(82)73-49-59(37-47-84(73)92)55-30-40-62(41-31-55)90-79-24-9-3-17-67(79)68-18-4-10-25-80(68)90/h1-49,52-53H. The average molecular weight is 1170 g/mol. The van der Waals surface area contributed by atoms with Crippen molar-refractivity contribution < 1.29 is 0 Å². The molecule has 0 aliphatic carbocycles. The van der Waals surface area contributed by atoms with Crippen LogP contribution in [-0.2, 0) is 0 Å². The van der Waals surface area contributed by atoms with Gasteiger partial charge in [0.2, 0.25) is 0 Å². The van der Waals surface area contributed by atoms with Crippen LogP contribution in [0.5, 0.6) is 0 Å². The molecule has 0 N–H and O–H groups in total. The van der Waals surface area contributed by atoms with Gasteiger partial charge < -0.3 is 18.3 Å². The van der Waals surface area contributed by atoms with E-state index in [9.17, 15) is 10.5 Å². The van der Waals surface area contributed by atoms with Crippen molar-refractivity contribution in [1.29, 1.82) is 10.5 Å². The molecule has 5 aromatic heterocycles. The SMILES string of the molecule is N#Cc1cccc(-c2c(-c3ccc(-n4c5ccccc5c5cc(-c6ccc(-n7c8ccccc8c8ccccc87)cc6)ccc54)cc3)cncc2-c2ccc(-n3c4ccccc4c4cc(-c5ccc(-n6c7ccccc7c7ccccc76)cc5)ccc43)cc2)c1C#N. The van der Waals surface area contributed by atoms with Gasteiger partial charge in [0.15, 0.2) is 0 Å². The number of para-hydroxylation sites is 6. The van der Waals surface area contributed by atoms with Gasteiger partial charge in [0, 0.05) is 100 Å². The first-order valence-corrected chi connectivity index (χ1v) is 30.9. The lowest BCUT2D eigenvalue weighted by atomic mass is 9.86. The zero-order valence-corrected chi connectivity index (χ0v) is 49.6. The first-order chi connectivity index (χ1) is 45.6. The summed E-state index contributed by atoms with van der Waals surface area (Å²) in [6.07, 6.45) is 3.76. The van der Waals surface area contributed by atoms with E-state index in [1.165, 1.54) is 65.2 Å². The molecule has 0 aliphatic rings. The molecule has 0 atom stereocenters.